The highest BCUT2D eigenvalue weighted by atomic mass is 79.9. The van der Waals surface area contributed by atoms with Crippen LogP contribution in [0.4, 0.5) is 0 Å². The first kappa shape index (κ1) is 13.3. The lowest BCUT2D eigenvalue weighted by Crippen LogP contribution is -1.97. The zero-order chi connectivity index (χ0) is 12.1. The lowest BCUT2D eigenvalue weighted by molar-refractivity contribution is 0.414. The van der Waals surface area contributed by atoms with Gasteiger partial charge in [0, 0.05) is 10.2 Å². The summed E-state index contributed by atoms with van der Waals surface area (Å²) in [6.07, 6.45) is 5.75. The average Bonchev–Trinajstić information content (AvgIpc) is 2.84. The minimum absolute atomic E-state index is 0.949. The quantitative estimate of drug-likeness (QED) is 0.766. The maximum atomic E-state index is 5.26. The largest absolute Gasteiger partial charge is 0.497 e. The molecule has 0 bridgehead atoms. The van der Waals surface area contributed by atoms with E-state index in [0.717, 1.165) is 17.4 Å². The molecule has 3 heteroatoms. The van der Waals surface area contributed by atoms with Gasteiger partial charge in [-0.1, -0.05) is 28.8 Å². The van der Waals surface area contributed by atoms with Gasteiger partial charge in [0.1, 0.15) is 5.75 Å². The second-order valence-corrected chi connectivity index (χ2v) is 6.51. The summed E-state index contributed by atoms with van der Waals surface area (Å²) in [5.74, 6) is 4.30. The molecule has 0 spiro atoms. The monoisotopic (exact) mass is 314 g/mol. The second kappa shape index (κ2) is 6.69. The highest BCUT2D eigenvalue weighted by Gasteiger charge is 2.14. The molecule has 1 aromatic rings. The van der Waals surface area contributed by atoms with Crippen LogP contribution in [0.1, 0.15) is 31.2 Å². The predicted molar refractivity (Wildman–Crippen MR) is 78.8 cm³/mol. The highest BCUT2D eigenvalue weighted by molar-refractivity contribution is 9.10. The van der Waals surface area contributed by atoms with E-state index in [4.69, 9.17) is 4.74 Å². The van der Waals surface area contributed by atoms with Gasteiger partial charge in [-0.2, -0.15) is 11.8 Å². The van der Waals surface area contributed by atoms with E-state index in [1.807, 2.05) is 6.07 Å². The van der Waals surface area contributed by atoms with Crippen LogP contribution in [-0.4, -0.2) is 12.9 Å². The van der Waals surface area contributed by atoms with Gasteiger partial charge in [0.25, 0.3) is 0 Å². The first-order valence-electron chi connectivity index (χ1n) is 6.20. The lowest BCUT2D eigenvalue weighted by atomic mass is 10.1. The molecular formula is C14H19BrOS. The SMILES string of the molecule is COc1ccc(Br)c(CSCC2CCCC2)c1. The molecule has 1 aliphatic rings. The van der Waals surface area contributed by atoms with Crippen LogP contribution in [0.2, 0.25) is 0 Å². The number of hydrogen-bond donors (Lipinski definition) is 0. The molecule has 1 aliphatic carbocycles. The zero-order valence-corrected chi connectivity index (χ0v) is 12.6. The number of hydrogen-bond acceptors (Lipinski definition) is 2. The lowest BCUT2D eigenvalue weighted by Gasteiger charge is -2.10. The molecule has 1 aromatic carbocycles. The summed E-state index contributed by atoms with van der Waals surface area (Å²) in [5, 5.41) is 0. The van der Waals surface area contributed by atoms with Crippen molar-refractivity contribution in [1.82, 2.24) is 0 Å². The average molecular weight is 315 g/mol. The van der Waals surface area contributed by atoms with Crippen molar-refractivity contribution in [2.45, 2.75) is 31.4 Å². The summed E-state index contributed by atoms with van der Waals surface area (Å²) < 4.78 is 6.45. The van der Waals surface area contributed by atoms with Crippen molar-refractivity contribution in [3.05, 3.63) is 28.2 Å². The Kier molecular flexibility index (Phi) is 5.23. The third-order valence-electron chi connectivity index (χ3n) is 3.34. The topological polar surface area (TPSA) is 9.23 Å². The number of benzene rings is 1. The highest BCUT2D eigenvalue weighted by Crippen LogP contribution is 2.31. The molecule has 1 nitrogen and oxygen atoms in total. The predicted octanol–water partition coefficient (Wildman–Crippen LogP) is 4.88. The van der Waals surface area contributed by atoms with E-state index >= 15 is 0 Å². The van der Waals surface area contributed by atoms with Crippen LogP contribution in [0.3, 0.4) is 0 Å². The minimum atomic E-state index is 0.949. The second-order valence-electron chi connectivity index (χ2n) is 4.62. The van der Waals surface area contributed by atoms with Crippen molar-refractivity contribution in [1.29, 1.82) is 0 Å². The summed E-state index contributed by atoms with van der Waals surface area (Å²) in [5.41, 5.74) is 1.34. The van der Waals surface area contributed by atoms with Crippen molar-refractivity contribution in [3.63, 3.8) is 0 Å². The number of ether oxygens (including phenoxy) is 1. The molecule has 0 radical (unpaired) electrons. The van der Waals surface area contributed by atoms with E-state index in [0.29, 0.717) is 0 Å². The van der Waals surface area contributed by atoms with E-state index in [9.17, 15) is 0 Å². The van der Waals surface area contributed by atoms with E-state index in [2.05, 4.69) is 39.8 Å². The fourth-order valence-electron chi connectivity index (χ4n) is 2.30. The Morgan fingerprint density at radius 1 is 1.35 bits per heavy atom. The van der Waals surface area contributed by atoms with Gasteiger partial charge in [-0.05, 0) is 48.3 Å². The Morgan fingerprint density at radius 3 is 2.82 bits per heavy atom. The van der Waals surface area contributed by atoms with Gasteiger partial charge < -0.3 is 4.74 Å². The van der Waals surface area contributed by atoms with Crippen molar-refractivity contribution in [2.24, 2.45) is 5.92 Å². The number of methoxy groups -OCH3 is 1. The standard InChI is InChI=1S/C14H19BrOS/c1-16-13-6-7-14(15)12(8-13)10-17-9-11-4-2-3-5-11/h6-8,11H,2-5,9-10H2,1H3. The van der Waals surface area contributed by atoms with Gasteiger partial charge in [0.2, 0.25) is 0 Å². The van der Waals surface area contributed by atoms with Crippen molar-refractivity contribution in [2.75, 3.05) is 12.9 Å². The smallest absolute Gasteiger partial charge is 0.119 e. The fraction of sp³-hybridized carbons (Fsp3) is 0.571. The molecule has 2 rings (SSSR count). The molecule has 17 heavy (non-hydrogen) atoms. The maximum Gasteiger partial charge on any atom is 0.119 e. The summed E-state index contributed by atoms with van der Waals surface area (Å²) >= 11 is 5.66. The summed E-state index contributed by atoms with van der Waals surface area (Å²) in [7, 11) is 1.72. The van der Waals surface area contributed by atoms with Gasteiger partial charge in [-0.25, -0.2) is 0 Å². The first-order valence-corrected chi connectivity index (χ1v) is 8.14. The maximum absolute atomic E-state index is 5.26. The van der Waals surface area contributed by atoms with Gasteiger partial charge in [0.05, 0.1) is 7.11 Å². The van der Waals surface area contributed by atoms with Crippen LogP contribution < -0.4 is 4.74 Å². The number of halogens is 1. The summed E-state index contributed by atoms with van der Waals surface area (Å²) in [6, 6.07) is 6.20. The van der Waals surface area contributed by atoms with Crippen LogP contribution in [0, 0.1) is 5.92 Å². The van der Waals surface area contributed by atoms with Gasteiger partial charge in [0.15, 0.2) is 0 Å². The Bertz CT molecular complexity index is 361. The van der Waals surface area contributed by atoms with Crippen LogP contribution in [0.15, 0.2) is 22.7 Å². The molecule has 0 atom stereocenters. The third-order valence-corrected chi connectivity index (χ3v) is 5.33. The van der Waals surface area contributed by atoms with Crippen LogP contribution in [0.5, 0.6) is 5.75 Å². The van der Waals surface area contributed by atoms with Crippen LogP contribution in [0.25, 0.3) is 0 Å². The minimum Gasteiger partial charge on any atom is -0.497 e. The van der Waals surface area contributed by atoms with Crippen molar-refractivity contribution in [3.8, 4) is 5.75 Å². The Balaban J connectivity index is 1.84. The fourth-order valence-corrected chi connectivity index (χ4v) is 4.12. The molecule has 0 aliphatic heterocycles. The molecule has 1 fully saturated rings. The van der Waals surface area contributed by atoms with E-state index in [1.54, 1.807) is 7.11 Å². The molecule has 0 unspecified atom stereocenters. The number of rotatable bonds is 5. The molecule has 0 aromatic heterocycles. The van der Waals surface area contributed by atoms with Crippen LogP contribution >= 0.6 is 27.7 Å². The number of thioether (sulfide) groups is 1. The third kappa shape index (κ3) is 3.92. The van der Waals surface area contributed by atoms with E-state index in [1.165, 1.54) is 41.5 Å². The van der Waals surface area contributed by atoms with E-state index < -0.39 is 0 Å². The Labute approximate surface area is 116 Å². The molecule has 1 saturated carbocycles. The van der Waals surface area contributed by atoms with Crippen molar-refractivity contribution < 1.29 is 4.74 Å². The molecule has 0 amide bonds. The Hall–Kier alpha value is -0.150. The molecule has 0 N–H and O–H groups in total. The van der Waals surface area contributed by atoms with E-state index in [-0.39, 0.29) is 0 Å². The Morgan fingerprint density at radius 2 is 2.12 bits per heavy atom. The van der Waals surface area contributed by atoms with Gasteiger partial charge in [-0.15, -0.1) is 0 Å². The van der Waals surface area contributed by atoms with Crippen LogP contribution in [-0.2, 0) is 5.75 Å². The van der Waals surface area contributed by atoms with Gasteiger partial charge >= 0.3 is 0 Å². The first-order chi connectivity index (χ1) is 8.29. The normalized spacial score (nSPS) is 16.4. The zero-order valence-electron chi connectivity index (χ0n) is 10.2. The molecular weight excluding hydrogens is 296 g/mol. The summed E-state index contributed by atoms with van der Waals surface area (Å²) in [6.45, 7) is 0. The van der Waals surface area contributed by atoms with Gasteiger partial charge in [-0.3, -0.25) is 0 Å². The summed E-state index contributed by atoms with van der Waals surface area (Å²) in [4.78, 5) is 0. The molecule has 94 valence electrons. The molecule has 0 saturated heterocycles. The molecule has 0 heterocycles. The van der Waals surface area contributed by atoms with Crippen molar-refractivity contribution >= 4 is 27.7 Å².